The smallest absolute Gasteiger partial charge is 0.189 e. The van der Waals surface area contributed by atoms with Crippen LogP contribution in [0.15, 0.2) is 28.5 Å². The van der Waals surface area contributed by atoms with E-state index in [1.54, 1.807) is 6.07 Å². The zero-order valence-electron chi connectivity index (χ0n) is 20.6. The Morgan fingerprint density at radius 3 is 2.76 bits per heavy atom. The van der Waals surface area contributed by atoms with Crippen LogP contribution in [-0.2, 0) is 9.53 Å². The third kappa shape index (κ3) is 4.72. The molecule has 4 N–H and O–H groups in total. The van der Waals surface area contributed by atoms with Crippen LogP contribution in [0.2, 0.25) is 0 Å². The standard InChI is InChI=1S/C26H29F2N5O4S/c27-16-4-3-13(7-17(16)28)14-8-18(14)30-24-21(33-29)20(31-25(32-24)38-11-12-1-2-12)15-9-26(15)10-19(37-6-5-34)22(35)23(26)36/h3-4,7,12,14-15,18-19,22,29,34-35H,1-2,5-6,8-11H2,(H,30,31,32)/t14-,15-,18+,19-,22+,26+/m0/s1. The second-order valence-corrected chi connectivity index (χ2v) is 11.8. The van der Waals surface area contributed by atoms with Gasteiger partial charge in [0.25, 0.3) is 0 Å². The van der Waals surface area contributed by atoms with Gasteiger partial charge >= 0.3 is 0 Å². The van der Waals surface area contributed by atoms with Crippen molar-refractivity contribution in [3.8, 4) is 0 Å². The minimum absolute atomic E-state index is 0.0343. The first-order valence-electron chi connectivity index (χ1n) is 12.9. The van der Waals surface area contributed by atoms with Crippen molar-refractivity contribution in [1.29, 1.82) is 5.53 Å². The topological polar surface area (TPSA) is 141 Å². The van der Waals surface area contributed by atoms with Crippen LogP contribution < -0.4 is 5.32 Å². The highest BCUT2D eigenvalue weighted by molar-refractivity contribution is 7.99. The maximum atomic E-state index is 13.8. The molecule has 0 radical (unpaired) electrons. The molecule has 9 nitrogen and oxygen atoms in total. The number of hydrogen-bond donors (Lipinski definition) is 4. The van der Waals surface area contributed by atoms with Gasteiger partial charge in [0.1, 0.15) is 11.8 Å². The average Bonchev–Trinajstić information content (AvgIpc) is 3.80. The largest absolute Gasteiger partial charge is 0.394 e. The number of Topliss-reactive ketones (excluding diaryl/α,β-unsaturated/α-hetero) is 1. The van der Waals surface area contributed by atoms with Gasteiger partial charge in [-0.25, -0.2) is 24.3 Å². The van der Waals surface area contributed by atoms with Crippen LogP contribution in [0.25, 0.3) is 0 Å². The minimum atomic E-state index is -1.27. The van der Waals surface area contributed by atoms with Gasteiger partial charge in [-0.05, 0) is 55.7 Å². The quantitative estimate of drug-likeness (QED) is 0.188. The van der Waals surface area contributed by atoms with Crippen molar-refractivity contribution in [2.24, 2.45) is 16.4 Å². The van der Waals surface area contributed by atoms with E-state index in [9.17, 15) is 18.7 Å². The predicted octanol–water partition coefficient (Wildman–Crippen LogP) is 4.07. The molecule has 0 amide bonds. The van der Waals surface area contributed by atoms with Crippen molar-refractivity contribution < 1.29 is 28.5 Å². The molecule has 1 aromatic heterocycles. The molecule has 12 heteroatoms. The van der Waals surface area contributed by atoms with E-state index in [0.717, 1.165) is 11.8 Å². The van der Waals surface area contributed by atoms with E-state index in [4.69, 9.17) is 20.4 Å². The maximum Gasteiger partial charge on any atom is 0.189 e. The van der Waals surface area contributed by atoms with Gasteiger partial charge in [-0.2, -0.15) is 5.11 Å². The van der Waals surface area contributed by atoms with Crippen LogP contribution in [0, 0.1) is 28.5 Å². The Hall–Kier alpha value is -2.54. The fraction of sp³-hybridized carbons (Fsp3) is 0.577. The lowest BCUT2D eigenvalue weighted by Crippen LogP contribution is -2.29. The van der Waals surface area contributed by atoms with Crippen LogP contribution in [0.3, 0.4) is 0 Å². The van der Waals surface area contributed by atoms with Crippen molar-refractivity contribution in [3.63, 3.8) is 0 Å². The summed E-state index contributed by atoms with van der Waals surface area (Å²) in [6.45, 7) is -0.169. The summed E-state index contributed by atoms with van der Waals surface area (Å²) in [5.74, 6) is -0.547. The van der Waals surface area contributed by atoms with E-state index in [2.05, 4.69) is 15.4 Å². The molecule has 6 atom stereocenters. The second kappa shape index (κ2) is 9.89. The molecule has 1 aromatic carbocycles. The third-order valence-electron chi connectivity index (χ3n) is 8.14. The molecule has 2 aromatic rings. The number of aromatic nitrogens is 2. The number of thioether (sulfide) groups is 1. The molecule has 4 saturated carbocycles. The van der Waals surface area contributed by atoms with Crippen LogP contribution in [-0.4, -0.2) is 63.2 Å². The molecule has 0 aliphatic heterocycles. The Labute approximate surface area is 222 Å². The summed E-state index contributed by atoms with van der Waals surface area (Å²) in [4.78, 5) is 22.5. The summed E-state index contributed by atoms with van der Waals surface area (Å²) in [6, 6.07) is 3.81. The van der Waals surface area contributed by atoms with E-state index >= 15 is 0 Å². The molecule has 0 unspecified atom stereocenters. The minimum Gasteiger partial charge on any atom is -0.394 e. The number of carbonyl (C=O) groups excluding carboxylic acids is 1. The molecule has 4 aliphatic rings. The van der Waals surface area contributed by atoms with Crippen molar-refractivity contribution >= 4 is 29.1 Å². The highest BCUT2D eigenvalue weighted by atomic mass is 32.2. The average molecular weight is 546 g/mol. The fourth-order valence-corrected chi connectivity index (χ4v) is 6.67. The zero-order chi connectivity index (χ0) is 26.6. The van der Waals surface area contributed by atoms with Crippen molar-refractivity contribution in [3.05, 3.63) is 41.1 Å². The first-order chi connectivity index (χ1) is 18.3. The molecule has 4 aliphatic carbocycles. The Kier molecular flexibility index (Phi) is 6.69. The summed E-state index contributed by atoms with van der Waals surface area (Å²) in [6.07, 6.45) is 1.86. The first kappa shape index (κ1) is 25.7. The Bertz CT molecular complexity index is 1280. The van der Waals surface area contributed by atoms with Gasteiger partial charge in [-0.1, -0.05) is 17.8 Å². The van der Waals surface area contributed by atoms with Crippen molar-refractivity contribution in [2.45, 2.75) is 67.3 Å². The Balaban J connectivity index is 1.27. The number of aliphatic hydroxyl groups is 2. The van der Waals surface area contributed by atoms with E-state index < -0.39 is 29.3 Å². The molecule has 0 saturated heterocycles. The lowest BCUT2D eigenvalue weighted by molar-refractivity contribution is -0.132. The first-order valence-corrected chi connectivity index (χ1v) is 13.9. The number of rotatable bonds is 11. The fourth-order valence-electron chi connectivity index (χ4n) is 5.64. The molecular weight excluding hydrogens is 516 g/mol. The highest BCUT2D eigenvalue weighted by Crippen LogP contribution is 2.67. The maximum absolute atomic E-state index is 13.8. The molecule has 0 bridgehead atoms. The number of carbonyl (C=O) groups is 1. The lowest BCUT2D eigenvalue weighted by atomic mass is 9.98. The van der Waals surface area contributed by atoms with Crippen LogP contribution in [0.1, 0.15) is 55.2 Å². The molecule has 1 spiro atoms. The van der Waals surface area contributed by atoms with E-state index in [1.807, 2.05) is 0 Å². The van der Waals surface area contributed by atoms with Gasteiger partial charge in [0.05, 0.1) is 25.0 Å². The molecule has 38 heavy (non-hydrogen) atoms. The van der Waals surface area contributed by atoms with E-state index in [0.29, 0.717) is 47.4 Å². The third-order valence-corrected chi connectivity index (χ3v) is 9.22. The number of nitrogens with zero attached hydrogens (tertiary/aromatic N) is 3. The van der Waals surface area contributed by atoms with Crippen molar-refractivity contribution in [1.82, 2.24) is 9.97 Å². The number of ketones is 1. The molecule has 1 heterocycles. The number of aliphatic hydroxyl groups excluding tert-OH is 2. The summed E-state index contributed by atoms with van der Waals surface area (Å²) >= 11 is 1.53. The van der Waals surface area contributed by atoms with Gasteiger partial charge in [-0.15, -0.1) is 0 Å². The Morgan fingerprint density at radius 2 is 2.05 bits per heavy atom. The van der Waals surface area contributed by atoms with Crippen LogP contribution in [0.4, 0.5) is 20.3 Å². The number of benzene rings is 1. The monoisotopic (exact) mass is 545 g/mol. The number of halogens is 2. The summed E-state index contributed by atoms with van der Waals surface area (Å²) < 4.78 is 32.7. The summed E-state index contributed by atoms with van der Waals surface area (Å²) in [5, 5.41) is 27.2. The number of hydrogen-bond acceptors (Lipinski definition) is 10. The van der Waals surface area contributed by atoms with Gasteiger partial charge in [-0.3, -0.25) is 4.79 Å². The highest BCUT2D eigenvalue weighted by Gasteiger charge is 2.68. The molecule has 202 valence electrons. The van der Waals surface area contributed by atoms with Crippen LogP contribution >= 0.6 is 11.8 Å². The van der Waals surface area contributed by atoms with Crippen LogP contribution in [0.5, 0.6) is 0 Å². The molecule has 6 rings (SSSR count). The molecular formula is C26H29F2N5O4S. The number of anilines is 1. The predicted molar refractivity (Wildman–Crippen MR) is 134 cm³/mol. The number of nitrogens with one attached hydrogen (secondary N) is 2. The summed E-state index contributed by atoms with van der Waals surface area (Å²) in [7, 11) is 0. The van der Waals surface area contributed by atoms with E-state index in [-0.39, 0.29) is 42.6 Å². The van der Waals surface area contributed by atoms with Gasteiger partial charge in [0.2, 0.25) is 0 Å². The van der Waals surface area contributed by atoms with Gasteiger partial charge in [0, 0.05) is 29.0 Å². The van der Waals surface area contributed by atoms with Gasteiger partial charge < -0.3 is 20.3 Å². The van der Waals surface area contributed by atoms with Crippen molar-refractivity contribution in [2.75, 3.05) is 24.3 Å². The van der Waals surface area contributed by atoms with Gasteiger partial charge in [0.15, 0.2) is 28.4 Å². The molecule has 4 fully saturated rings. The second-order valence-electron chi connectivity index (χ2n) is 10.8. The SMILES string of the molecule is N=Nc1c(N[C@@H]2C[C@H]2c2ccc(F)c(F)c2)nc(SCC2CC2)nc1[C@@H]1C[C@@]12C[C@H](OCCO)[C@@H](O)C2=O. The normalized spacial score (nSPS) is 31.6. The summed E-state index contributed by atoms with van der Waals surface area (Å²) in [5.41, 5.74) is 8.53. The zero-order valence-corrected chi connectivity index (χ0v) is 21.4. The number of ether oxygens (including phenoxy) is 1. The van der Waals surface area contributed by atoms with E-state index in [1.165, 1.54) is 30.7 Å². The lowest BCUT2D eigenvalue weighted by Gasteiger charge is -2.15. The Morgan fingerprint density at radius 1 is 1.24 bits per heavy atom.